The third-order valence-corrected chi connectivity index (χ3v) is 5.37. The third-order valence-electron chi connectivity index (χ3n) is 5.37. The maximum Gasteiger partial charge on any atom is 0.417 e. The highest BCUT2D eigenvalue weighted by Gasteiger charge is 2.43. The van der Waals surface area contributed by atoms with E-state index in [1.54, 1.807) is 41.5 Å². The molecular weight excluding hydrogens is 462 g/mol. The highest BCUT2D eigenvalue weighted by molar-refractivity contribution is 6.00. The van der Waals surface area contributed by atoms with Gasteiger partial charge in [0.05, 0.1) is 18.8 Å². The second-order valence-electron chi connectivity index (χ2n) is 10.8. The Kier molecular flexibility index (Phi) is 12.2. The number of nitrogens with zero attached hydrogens (tertiary/aromatic N) is 1. The number of benzene rings is 1. The van der Waals surface area contributed by atoms with Gasteiger partial charge in [-0.1, -0.05) is 58.0 Å². The van der Waals surface area contributed by atoms with Crippen molar-refractivity contribution in [2.45, 2.75) is 98.2 Å². The zero-order chi connectivity index (χ0) is 27.6. The fourth-order valence-corrected chi connectivity index (χ4v) is 3.56. The third kappa shape index (κ3) is 10.1. The normalized spacial score (nSPS) is 15.1. The molecule has 0 fully saturated rings. The number of nitrogens with two attached hydrogens (primary N) is 1. The van der Waals surface area contributed by atoms with Gasteiger partial charge in [-0.3, -0.25) is 9.59 Å². The van der Waals surface area contributed by atoms with E-state index in [0.29, 0.717) is 12.7 Å². The van der Waals surface area contributed by atoms with Gasteiger partial charge >= 0.3 is 6.09 Å². The number of rotatable bonds is 12. The lowest BCUT2D eigenvalue weighted by molar-refractivity contribution is -0.145. The summed E-state index contributed by atoms with van der Waals surface area (Å²) in [5.41, 5.74) is 6.23. The average Bonchev–Trinajstić information content (AvgIpc) is 2.78. The monoisotopic (exact) mass is 505 g/mol. The molecule has 1 aromatic rings. The minimum Gasteiger partial charge on any atom is -0.443 e. The summed E-state index contributed by atoms with van der Waals surface area (Å²) in [5, 5.41) is 2.67. The average molecular weight is 506 g/mol. The Labute approximate surface area is 215 Å². The van der Waals surface area contributed by atoms with E-state index >= 15 is 0 Å². The molecule has 0 radical (unpaired) electrons. The van der Waals surface area contributed by atoms with Crippen molar-refractivity contribution < 1.29 is 28.7 Å². The topological polar surface area (TPSA) is 128 Å². The van der Waals surface area contributed by atoms with Crippen LogP contribution >= 0.6 is 0 Å². The van der Waals surface area contributed by atoms with Gasteiger partial charge in [-0.15, -0.1) is 0 Å². The number of ether oxygens (including phenoxy) is 2. The van der Waals surface area contributed by atoms with Gasteiger partial charge in [-0.25, -0.2) is 9.69 Å². The molecule has 3 amide bonds. The zero-order valence-electron chi connectivity index (χ0n) is 22.8. The summed E-state index contributed by atoms with van der Waals surface area (Å²) >= 11 is 0. The molecule has 0 spiro atoms. The van der Waals surface area contributed by atoms with Crippen LogP contribution in [0.15, 0.2) is 30.3 Å². The highest BCUT2D eigenvalue weighted by atomic mass is 16.6. The van der Waals surface area contributed by atoms with Crippen molar-refractivity contribution in [3.63, 3.8) is 0 Å². The minimum atomic E-state index is -1.24. The van der Waals surface area contributed by atoms with Gasteiger partial charge in [0, 0.05) is 0 Å². The number of aldehydes is 1. The molecular formula is C27H43N3O6. The number of carbonyl (C=O) groups is 4. The van der Waals surface area contributed by atoms with E-state index in [2.05, 4.69) is 5.32 Å². The summed E-state index contributed by atoms with van der Waals surface area (Å²) in [6.07, 6.45) is -0.675. The summed E-state index contributed by atoms with van der Waals surface area (Å²) in [5.74, 6) is -1.77. The standard InChI is InChI=1S/C27H43N3O6/c1-17(2)14-21(15-31)29-24(32)23(18(3)4)30(26(34)36-27(6,7)8)25(33)22(28)19(5)35-16-20-12-10-9-11-13-20/h9-13,15,17-19,21-23H,14,16,28H2,1-8H3,(H,29,32)/t19?,21-,22-,23-/m0/s1. The predicted molar refractivity (Wildman–Crippen MR) is 138 cm³/mol. The van der Waals surface area contributed by atoms with E-state index < -0.39 is 53.7 Å². The van der Waals surface area contributed by atoms with E-state index in [9.17, 15) is 19.2 Å². The lowest BCUT2D eigenvalue weighted by Crippen LogP contribution is -2.61. The van der Waals surface area contributed by atoms with Crippen LogP contribution in [-0.4, -0.2) is 58.9 Å². The smallest absolute Gasteiger partial charge is 0.417 e. The van der Waals surface area contributed by atoms with Crippen LogP contribution in [0.5, 0.6) is 0 Å². The van der Waals surface area contributed by atoms with Gasteiger partial charge in [0.25, 0.3) is 5.91 Å². The zero-order valence-corrected chi connectivity index (χ0v) is 22.8. The summed E-state index contributed by atoms with van der Waals surface area (Å²) in [6, 6.07) is 6.15. The summed E-state index contributed by atoms with van der Waals surface area (Å²) in [6.45, 7) is 14.1. The van der Waals surface area contributed by atoms with Crippen LogP contribution < -0.4 is 11.1 Å². The summed E-state index contributed by atoms with van der Waals surface area (Å²) in [7, 11) is 0. The van der Waals surface area contributed by atoms with Crippen LogP contribution in [0.3, 0.4) is 0 Å². The lowest BCUT2D eigenvalue weighted by Gasteiger charge is -2.36. The predicted octanol–water partition coefficient (Wildman–Crippen LogP) is 3.44. The van der Waals surface area contributed by atoms with Gasteiger partial charge in [-0.05, 0) is 51.5 Å². The maximum atomic E-state index is 13.6. The first-order valence-electron chi connectivity index (χ1n) is 12.4. The van der Waals surface area contributed by atoms with Gasteiger partial charge < -0.3 is 25.3 Å². The Morgan fingerprint density at radius 2 is 1.64 bits per heavy atom. The Morgan fingerprint density at radius 3 is 2.11 bits per heavy atom. The molecule has 0 bridgehead atoms. The Hall–Kier alpha value is -2.78. The molecule has 0 aliphatic carbocycles. The van der Waals surface area contributed by atoms with Crippen LogP contribution in [0.1, 0.15) is 67.4 Å². The van der Waals surface area contributed by atoms with Gasteiger partial charge in [-0.2, -0.15) is 0 Å². The van der Waals surface area contributed by atoms with Crippen molar-refractivity contribution in [3.8, 4) is 0 Å². The Balaban J connectivity index is 3.23. The first-order valence-corrected chi connectivity index (χ1v) is 12.4. The van der Waals surface area contributed by atoms with Crippen LogP contribution in [0.25, 0.3) is 0 Å². The first-order chi connectivity index (χ1) is 16.7. The number of hydrogen-bond donors (Lipinski definition) is 2. The van der Waals surface area contributed by atoms with Gasteiger partial charge in [0.1, 0.15) is 24.0 Å². The van der Waals surface area contributed by atoms with Crippen molar-refractivity contribution in [2.24, 2.45) is 17.6 Å². The summed E-state index contributed by atoms with van der Waals surface area (Å²) < 4.78 is 11.3. The quantitative estimate of drug-likeness (QED) is 0.417. The van der Waals surface area contributed by atoms with Crippen molar-refractivity contribution >= 4 is 24.2 Å². The molecule has 0 saturated heterocycles. The largest absolute Gasteiger partial charge is 0.443 e. The molecule has 0 aliphatic heterocycles. The van der Waals surface area contributed by atoms with E-state index in [-0.39, 0.29) is 12.5 Å². The molecule has 9 heteroatoms. The van der Waals surface area contributed by atoms with Crippen LogP contribution in [0.4, 0.5) is 4.79 Å². The Bertz CT molecular complexity index is 866. The summed E-state index contributed by atoms with van der Waals surface area (Å²) in [4.78, 5) is 52.4. The molecule has 9 nitrogen and oxygen atoms in total. The van der Waals surface area contributed by atoms with E-state index in [1.165, 1.54) is 0 Å². The molecule has 3 N–H and O–H groups in total. The molecule has 1 rings (SSSR count). The van der Waals surface area contributed by atoms with Crippen molar-refractivity contribution in [2.75, 3.05) is 0 Å². The molecule has 4 atom stereocenters. The molecule has 202 valence electrons. The second-order valence-corrected chi connectivity index (χ2v) is 10.8. The van der Waals surface area contributed by atoms with Crippen LogP contribution in [-0.2, 0) is 30.5 Å². The van der Waals surface area contributed by atoms with E-state index in [4.69, 9.17) is 15.2 Å². The van der Waals surface area contributed by atoms with E-state index in [0.717, 1.165) is 10.5 Å². The lowest BCUT2D eigenvalue weighted by atomic mass is 9.98. The fourth-order valence-electron chi connectivity index (χ4n) is 3.56. The van der Waals surface area contributed by atoms with E-state index in [1.807, 2.05) is 44.2 Å². The molecule has 0 saturated carbocycles. The molecule has 0 aliphatic rings. The molecule has 1 unspecified atom stereocenters. The van der Waals surface area contributed by atoms with Crippen molar-refractivity contribution in [1.29, 1.82) is 0 Å². The SMILES string of the molecule is CC(C)C[C@@H](C=O)NC(=O)[C@H](C(C)C)N(C(=O)OC(C)(C)C)C(=O)[C@@H](N)C(C)OCc1ccccc1. The van der Waals surface area contributed by atoms with Gasteiger partial charge in [0.15, 0.2) is 0 Å². The van der Waals surface area contributed by atoms with Crippen molar-refractivity contribution in [1.82, 2.24) is 10.2 Å². The maximum absolute atomic E-state index is 13.6. The highest BCUT2D eigenvalue weighted by Crippen LogP contribution is 2.20. The second kappa shape index (κ2) is 14.1. The van der Waals surface area contributed by atoms with Crippen molar-refractivity contribution in [3.05, 3.63) is 35.9 Å². The fraction of sp³-hybridized carbons (Fsp3) is 0.630. The van der Waals surface area contributed by atoms with Crippen LogP contribution in [0.2, 0.25) is 0 Å². The minimum absolute atomic E-state index is 0.151. The molecule has 36 heavy (non-hydrogen) atoms. The van der Waals surface area contributed by atoms with Crippen LogP contribution in [0, 0.1) is 11.8 Å². The number of imide groups is 1. The number of hydrogen-bond acceptors (Lipinski definition) is 7. The molecule has 0 heterocycles. The number of amides is 3. The first kappa shape index (κ1) is 31.3. The number of carbonyl (C=O) groups excluding carboxylic acids is 4. The van der Waals surface area contributed by atoms with Gasteiger partial charge in [0.2, 0.25) is 5.91 Å². The Morgan fingerprint density at radius 1 is 1.06 bits per heavy atom. The number of nitrogens with one attached hydrogen (secondary N) is 1. The molecule has 0 aromatic heterocycles. The molecule has 1 aromatic carbocycles.